The van der Waals surface area contributed by atoms with E-state index in [1.165, 1.54) is 25.5 Å². The van der Waals surface area contributed by atoms with E-state index in [1.807, 2.05) is 12.1 Å². The van der Waals surface area contributed by atoms with Gasteiger partial charge in [-0.3, -0.25) is 5.32 Å². The predicted molar refractivity (Wildman–Crippen MR) is 95.3 cm³/mol. The van der Waals surface area contributed by atoms with Gasteiger partial charge in [-0.1, -0.05) is 30.3 Å². The van der Waals surface area contributed by atoms with Gasteiger partial charge in [-0.2, -0.15) is 0 Å². The molecule has 126 valence electrons. The van der Waals surface area contributed by atoms with Crippen molar-refractivity contribution < 1.29 is 9.53 Å². The third kappa shape index (κ3) is 4.25. The van der Waals surface area contributed by atoms with E-state index in [4.69, 9.17) is 0 Å². The summed E-state index contributed by atoms with van der Waals surface area (Å²) in [5, 5.41) is 2.61. The Labute approximate surface area is 142 Å². The lowest BCUT2D eigenvalue weighted by Crippen LogP contribution is -2.34. The van der Waals surface area contributed by atoms with Crippen molar-refractivity contribution in [1.29, 1.82) is 0 Å². The molecule has 1 N–H and O–H groups in total. The van der Waals surface area contributed by atoms with Crippen molar-refractivity contribution in [3.8, 4) is 0 Å². The number of carbonyl (C=O) groups is 1. The SMILES string of the molecule is COC(=O)Nc1ccc(N2CCC(Cc3ccccc3)CC2)nc1. The summed E-state index contributed by atoms with van der Waals surface area (Å²) in [7, 11) is 1.34. The lowest BCUT2D eigenvalue weighted by molar-refractivity contribution is 0.187. The van der Waals surface area contributed by atoms with Crippen molar-refractivity contribution in [3.05, 3.63) is 54.2 Å². The lowest BCUT2D eigenvalue weighted by atomic mass is 9.90. The number of nitrogens with one attached hydrogen (secondary N) is 1. The van der Waals surface area contributed by atoms with Gasteiger partial charge in [0.25, 0.3) is 0 Å². The highest BCUT2D eigenvalue weighted by Gasteiger charge is 2.20. The molecule has 0 bridgehead atoms. The van der Waals surface area contributed by atoms with Crippen molar-refractivity contribution >= 4 is 17.6 Å². The molecule has 1 aromatic carbocycles. The van der Waals surface area contributed by atoms with E-state index >= 15 is 0 Å². The van der Waals surface area contributed by atoms with Crippen LogP contribution in [0.4, 0.5) is 16.3 Å². The molecule has 0 atom stereocenters. The van der Waals surface area contributed by atoms with Crippen molar-refractivity contribution in [2.24, 2.45) is 5.92 Å². The fourth-order valence-corrected chi connectivity index (χ4v) is 3.13. The molecule has 5 heteroatoms. The molecule has 2 aromatic rings. The zero-order chi connectivity index (χ0) is 16.8. The Kier molecular flexibility index (Phi) is 5.31. The van der Waals surface area contributed by atoms with Crippen molar-refractivity contribution in [2.75, 3.05) is 30.4 Å². The van der Waals surface area contributed by atoms with Gasteiger partial charge in [-0.15, -0.1) is 0 Å². The van der Waals surface area contributed by atoms with E-state index in [-0.39, 0.29) is 0 Å². The van der Waals surface area contributed by atoms with Gasteiger partial charge in [0.2, 0.25) is 0 Å². The average Bonchev–Trinajstić information content (AvgIpc) is 2.64. The highest BCUT2D eigenvalue weighted by atomic mass is 16.5. The molecule has 1 aliphatic rings. The molecule has 1 aromatic heterocycles. The zero-order valence-electron chi connectivity index (χ0n) is 13.9. The minimum absolute atomic E-state index is 0.480. The van der Waals surface area contributed by atoms with Crippen LogP contribution < -0.4 is 10.2 Å². The minimum Gasteiger partial charge on any atom is -0.453 e. The third-order valence-corrected chi connectivity index (χ3v) is 4.49. The quantitative estimate of drug-likeness (QED) is 0.931. The summed E-state index contributed by atoms with van der Waals surface area (Å²) < 4.78 is 4.57. The number of carbonyl (C=O) groups excluding carboxylic acids is 1. The van der Waals surface area contributed by atoms with Gasteiger partial charge in [0.05, 0.1) is 19.0 Å². The fourth-order valence-electron chi connectivity index (χ4n) is 3.13. The van der Waals surface area contributed by atoms with E-state index < -0.39 is 6.09 Å². The van der Waals surface area contributed by atoms with Gasteiger partial charge in [-0.05, 0) is 42.9 Å². The van der Waals surface area contributed by atoms with Crippen LogP contribution in [0.25, 0.3) is 0 Å². The minimum atomic E-state index is -0.480. The van der Waals surface area contributed by atoms with E-state index in [0.717, 1.165) is 31.2 Å². The first kappa shape index (κ1) is 16.3. The molecule has 2 heterocycles. The second kappa shape index (κ2) is 7.81. The summed E-state index contributed by atoms with van der Waals surface area (Å²) in [6.07, 6.45) is 4.70. The summed E-state index contributed by atoms with van der Waals surface area (Å²) in [5.41, 5.74) is 2.07. The van der Waals surface area contributed by atoms with Crippen LogP contribution in [-0.4, -0.2) is 31.3 Å². The molecule has 0 unspecified atom stereocenters. The van der Waals surface area contributed by atoms with Crippen molar-refractivity contribution in [1.82, 2.24) is 4.98 Å². The largest absolute Gasteiger partial charge is 0.453 e. The fraction of sp³-hybridized carbons (Fsp3) is 0.368. The maximum atomic E-state index is 11.2. The number of ether oxygens (including phenoxy) is 1. The Bertz CT molecular complexity index is 650. The molecule has 1 amide bonds. The van der Waals surface area contributed by atoms with Crippen LogP contribution in [0.1, 0.15) is 18.4 Å². The molecule has 24 heavy (non-hydrogen) atoms. The van der Waals surface area contributed by atoms with Gasteiger partial charge in [0.1, 0.15) is 5.82 Å². The number of pyridine rings is 1. The Morgan fingerprint density at radius 3 is 2.58 bits per heavy atom. The summed E-state index contributed by atoms with van der Waals surface area (Å²) in [6.45, 7) is 2.04. The number of rotatable bonds is 4. The molecule has 5 nitrogen and oxygen atoms in total. The first-order valence-corrected chi connectivity index (χ1v) is 8.34. The monoisotopic (exact) mass is 325 g/mol. The number of anilines is 2. The molecular weight excluding hydrogens is 302 g/mol. The first-order valence-electron chi connectivity index (χ1n) is 8.34. The lowest BCUT2D eigenvalue weighted by Gasteiger charge is -2.33. The average molecular weight is 325 g/mol. The molecule has 1 fully saturated rings. The van der Waals surface area contributed by atoms with Crippen LogP contribution in [0.2, 0.25) is 0 Å². The van der Waals surface area contributed by atoms with Crippen molar-refractivity contribution in [3.63, 3.8) is 0 Å². The molecule has 0 aliphatic carbocycles. The number of piperidine rings is 1. The Balaban J connectivity index is 1.52. The van der Waals surface area contributed by atoms with E-state index in [2.05, 4.69) is 50.3 Å². The number of aromatic nitrogens is 1. The molecule has 3 rings (SSSR count). The molecule has 0 radical (unpaired) electrons. The molecular formula is C19H23N3O2. The second-order valence-corrected chi connectivity index (χ2v) is 6.14. The highest BCUT2D eigenvalue weighted by Crippen LogP contribution is 2.25. The number of amides is 1. The number of hydrogen-bond donors (Lipinski definition) is 1. The maximum Gasteiger partial charge on any atom is 0.411 e. The van der Waals surface area contributed by atoms with Gasteiger partial charge < -0.3 is 9.64 Å². The molecule has 1 saturated heterocycles. The number of benzene rings is 1. The summed E-state index contributed by atoms with van der Waals surface area (Å²) >= 11 is 0. The van der Waals surface area contributed by atoms with Gasteiger partial charge in [-0.25, -0.2) is 9.78 Å². The maximum absolute atomic E-state index is 11.2. The van der Waals surface area contributed by atoms with Crippen LogP contribution in [0.5, 0.6) is 0 Å². The molecule has 0 spiro atoms. The van der Waals surface area contributed by atoms with Gasteiger partial charge >= 0.3 is 6.09 Å². The third-order valence-electron chi connectivity index (χ3n) is 4.49. The van der Waals surface area contributed by atoms with E-state index in [9.17, 15) is 4.79 Å². The second-order valence-electron chi connectivity index (χ2n) is 6.14. The predicted octanol–water partition coefficient (Wildman–Crippen LogP) is 3.72. The number of nitrogens with zero attached hydrogens (tertiary/aromatic N) is 2. The van der Waals surface area contributed by atoms with E-state index in [1.54, 1.807) is 6.20 Å². The Morgan fingerprint density at radius 1 is 1.21 bits per heavy atom. The Morgan fingerprint density at radius 2 is 1.96 bits per heavy atom. The van der Waals surface area contributed by atoms with Gasteiger partial charge in [0.15, 0.2) is 0 Å². The normalized spacial score (nSPS) is 15.1. The smallest absolute Gasteiger partial charge is 0.411 e. The summed E-state index contributed by atoms with van der Waals surface area (Å²) in [4.78, 5) is 17.9. The first-order chi connectivity index (χ1) is 11.7. The van der Waals surface area contributed by atoms with Crippen LogP contribution >= 0.6 is 0 Å². The molecule has 0 saturated carbocycles. The Hall–Kier alpha value is -2.56. The topological polar surface area (TPSA) is 54.5 Å². The molecule has 1 aliphatic heterocycles. The van der Waals surface area contributed by atoms with E-state index in [0.29, 0.717) is 5.69 Å². The highest BCUT2D eigenvalue weighted by molar-refractivity contribution is 5.84. The number of hydrogen-bond acceptors (Lipinski definition) is 4. The summed E-state index contributed by atoms with van der Waals surface area (Å²) in [6, 6.07) is 14.5. The number of methoxy groups -OCH3 is 1. The zero-order valence-corrected chi connectivity index (χ0v) is 13.9. The summed E-state index contributed by atoms with van der Waals surface area (Å²) in [5.74, 6) is 1.70. The van der Waals surface area contributed by atoms with Crippen LogP contribution in [0, 0.1) is 5.92 Å². The standard InChI is InChI=1S/C19H23N3O2/c1-24-19(23)21-17-7-8-18(20-14-17)22-11-9-16(10-12-22)13-15-5-3-2-4-6-15/h2-8,14,16H,9-13H2,1H3,(H,21,23). The van der Waals surface area contributed by atoms with Gasteiger partial charge in [0, 0.05) is 13.1 Å². The van der Waals surface area contributed by atoms with Crippen molar-refractivity contribution in [2.45, 2.75) is 19.3 Å². The van der Waals surface area contributed by atoms with Crippen LogP contribution in [-0.2, 0) is 11.2 Å². The van der Waals surface area contributed by atoms with Crippen LogP contribution in [0.3, 0.4) is 0 Å². The van der Waals surface area contributed by atoms with Crippen LogP contribution in [0.15, 0.2) is 48.7 Å².